The van der Waals surface area contributed by atoms with E-state index in [2.05, 4.69) is 78.1 Å². The molecule has 5 nitrogen and oxygen atoms in total. The first kappa shape index (κ1) is 22.7. The van der Waals surface area contributed by atoms with E-state index in [9.17, 15) is 0 Å². The maximum Gasteiger partial charge on any atom is 0.191 e. The molecule has 7 heteroatoms. The topological polar surface area (TPSA) is 65.1 Å². The number of thiazole rings is 1. The number of benzene rings is 1. The summed E-state index contributed by atoms with van der Waals surface area (Å²) in [6.07, 6.45) is 3.05. The molecule has 0 amide bonds. The Morgan fingerprint density at radius 2 is 2.04 bits per heavy atom. The Morgan fingerprint density at radius 1 is 1.25 bits per heavy atom. The van der Waals surface area contributed by atoms with Gasteiger partial charge in [0.05, 0.1) is 12.2 Å². The van der Waals surface area contributed by atoms with E-state index in [1.807, 2.05) is 0 Å². The normalized spacial score (nSPS) is 12.1. The largest absolute Gasteiger partial charge is 0.361 e. The van der Waals surface area contributed by atoms with E-state index in [1.165, 1.54) is 22.0 Å². The fourth-order valence-corrected chi connectivity index (χ4v) is 3.96. The minimum absolute atomic E-state index is 0. The van der Waals surface area contributed by atoms with Crippen molar-refractivity contribution in [2.45, 2.75) is 46.1 Å². The second-order valence-electron chi connectivity index (χ2n) is 7.79. The zero-order valence-corrected chi connectivity index (χ0v) is 20.4. The predicted octanol–water partition coefficient (Wildman–Crippen LogP) is 4.76. The van der Waals surface area contributed by atoms with Gasteiger partial charge in [0, 0.05) is 41.5 Å². The molecule has 0 bridgehead atoms. The first-order chi connectivity index (χ1) is 12.9. The van der Waals surface area contributed by atoms with Crippen LogP contribution in [0.25, 0.3) is 10.9 Å². The predicted molar refractivity (Wildman–Crippen MR) is 131 cm³/mol. The summed E-state index contributed by atoms with van der Waals surface area (Å²) in [7, 11) is 1.80. The van der Waals surface area contributed by atoms with Gasteiger partial charge >= 0.3 is 0 Å². The van der Waals surface area contributed by atoms with Gasteiger partial charge in [-0.25, -0.2) is 4.98 Å². The van der Waals surface area contributed by atoms with Gasteiger partial charge in [-0.2, -0.15) is 0 Å². The third-order valence-electron chi connectivity index (χ3n) is 4.65. The van der Waals surface area contributed by atoms with Crippen molar-refractivity contribution in [3.63, 3.8) is 0 Å². The Hall–Kier alpha value is -1.61. The molecule has 0 unspecified atom stereocenters. The Bertz CT molecular complexity index is 936. The molecule has 0 atom stereocenters. The monoisotopic (exact) mass is 511 g/mol. The lowest BCUT2D eigenvalue weighted by Gasteiger charge is -2.14. The SMILES string of the molecule is CN=C(NCCc1c[nH]c2c(C)cccc12)NCc1nc(C(C)(C)C)cs1.I. The average Bonchev–Trinajstić information content (AvgIpc) is 3.26. The van der Waals surface area contributed by atoms with Crippen LogP contribution in [-0.2, 0) is 18.4 Å². The van der Waals surface area contributed by atoms with Crippen molar-refractivity contribution in [3.8, 4) is 0 Å². The molecule has 0 aliphatic carbocycles. The van der Waals surface area contributed by atoms with E-state index in [4.69, 9.17) is 4.98 Å². The summed E-state index contributed by atoms with van der Waals surface area (Å²) in [4.78, 5) is 12.4. The first-order valence-electron chi connectivity index (χ1n) is 9.33. The van der Waals surface area contributed by atoms with Crippen LogP contribution in [-0.4, -0.2) is 29.5 Å². The van der Waals surface area contributed by atoms with E-state index < -0.39 is 0 Å². The van der Waals surface area contributed by atoms with Crippen LogP contribution in [0.1, 0.15) is 42.6 Å². The Balaban J connectivity index is 0.00000280. The van der Waals surface area contributed by atoms with Gasteiger partial charge in [0.15, 0.2) is 5.96 Å². The highest BCUT2D eigenvalue weighted by atomic mass is 127. The standard InChI is InChI=1S/C21H29N5S.HI/c1-14-7-6-8-16-15(11-24-19(14)16)9-10-23-20(22-5)25-12-18-26-17(13-27-18)21(2,3)4;/h6-8,11,13,24H,9-10,12H2,1-5H3,(H2,22,23,25);1H. The molecule has 2 aromatic heterocycles. The number of nitrogens with zero attached hydrogens (tertiary/aromatic N) is 2. The Morgan fingerprint density at radius 3 is 2.71 bits per heavy atom. The van der Waals surface area contributed by atoms with Gasteiger partial charge in [-0.15, -0.1) is 35.3 Å². The minimum Gasteiger partial charge on any atom is -0.361 e. The van der Waals surface area contributed by atoms with Crippen molar-refractivity contribution in [2.75, 3.05) is 13.6 Å². The number of aryl methyl sites for hydroxylation is 1. The maximum absolute atomic E-state index is 4.72. The molecule has 0 radical (unpaired) electrons. The van der Waals surface area contributed by atoms with Gasteiger partial charge in [0.25, 0.3) is 0 Å². The number of aliphatic imine (C=N–C) groups is 1. The van der Waals surface area contributed by atoms with Gasteiger partial charge in [-0.3, -0.25) is 4.99 Å². The van der Waals surface area contributed by atoms with Gasteiger partial charge in [0.2, 0.25) is 0 Å². The lowest BCUT2D eigenvalue weighted by Crippen LogP contribution is -2.37. The molecule has 152 valence electrons. The molecular weight excluding hydrogens is 481 g/mol. The van der Waals surface area contributed by atoms with Gasteiger partial charge in [-0.1, -0.05) is 39.0 Å². The summed E-state index contributed by atoms with van der Waals surface area (Å²) >= 11 is 1.69. The van der Waals surface area contributed by atoms with Crippen molar-refractivity contribution in [1.29, 1.82) is 0 Å². The number of fused-ring (bicyclic) bond motifs is 1. The number of H-pyrrole nitrogens is 1. The second-order valence-corrected chi connectivity index (χ2v) is 8.73. The molecule has 2 heterocycles. The van der Waals surface area contributed by atoms with Crippen molar-refractivity contribution in [2.24, 2.45) is 4.99 Å². The van der Waals surface area contributed by atoms with Crippen molar-refractivity contribution >= 4 is 52.2 Å². The van der Waals surface area contributed by atoms with Crippen LogP contribution in [0.15, 0.2) is 34.8 Å². The van der Waals surface area contributed by atoms with E-state index in [-0.39, 0.29) is 29.4 Å². The third-order valence-corrected chi connectivity index (χ3v) is 5.50. The van der Waals surface area contributed by atoms with Crippen LogP contribution < -0.4 is 10.6 Å². The second kappa shape index (κ2) is 9.73. The van der Waals surface area contributed by atoms with E-state index >= 15 is 0 Å². The fourth-order valence-electron chi connectivity index (χ4n) is 3.00. The van der Waals surface area contributed by atoms with E-state index in [0.717, 1.165) is 29.6 Å². The van der Waals surface area contributed by atoms with Gasteiger partial charge < -0.3 is 15.6 Å². The van der Waals surface area contributed by atoms with E-state index in [1.54, 1.807) is 18.4 Å². The number of halogens is 1. The molecule has 0 spiro atoms. The number of aromatic nitrogens is 2. The summed E-state index contributed by atoms with van der Waals surface area (Å²) in [5, 5.41) is 11.3. The van der Waals surface area contributed by atoms with Crippen molar-refractivity contribution < 1.29 is 0 Å². The molecular formula is C21H30IN5S. The minimum atomic E-state index is 0. The van der Waals surface area contributed by atoms with Crippen molar-refractivity contribution in [1.82, 2.24) is 20.6 Å². The molecule has 0 aliphatic heterocycles. The highest BCUT2D eigenvalue weighted by molar-refractivity contribution is 14.0. The summed E-state index contributed by atoms with van der Waals surface area (Å²) in [6, 6.07) is 6.43. The van der Waals surface area contributed by atoms with Crippen LogP contribution in [0.4, 0.5) is 0 Å². The van der Waals surface area contributed by atoms with Crippen LogP contribution >= 0.6 is 35.3 Å². The van der Waals surface area contributed by atoms with Crippen LogP contribution in [0.3, 0.4) is 0 Å². The highest BCUT2D eigenvalue weighted by Gasteiger charge is 2.17. The third kappa shape index (κ3) is 5.47. The van der Waals surface area contributed by atoms with Crippen LogP contribution in [0.5, 0.6) is 0 Å². The van der Waals surface area contributed by atoms with Crippen LogP contribution in [0.2, 0.25) is 0 Å². The van der Waals surface area contributed by atoms with Gasteiger partial charge in [-0.05, 0) is 24.5 Å². The zero-order chi connectivity index (χ0) is 19.4. The van der Waals surface area contributed by atoms with Gasteiger partial charge in [0.1, 0.15) is 5.01 Å². The number of hydrogen-bond donors (Lipinski definition) is 3. The summed E-state index contributed by atoms with van der Waals surface area (Å²) in [5.74, 6) is 0.804. The number of guanidine groups is 1. The molecule has 0 aliphatic rings. The molecule has 0 fully saturated rings. The first-order valence-corrected chi connectivity index (χ1v) is 10.2. The van der Waals surface area contributed by atoms with E-state index in [0.29, 0.717) is 6.54 Å². The van der Waals surface area contributed by atoms with Crippen molar-refractivity contribution in [3.05, 3.63) is 51.6 Å². The number of para-hydroxylation sites is 1. The molecule has 3 N–H and O–H groups in total. The lowest BCUT2D eigenvalue weighted by molar-refractivity contribution is 0.570. The number of rotatable bonds is 5. The fraction of sp³-hybridized carbons (Fsp3) is 0.429. The smallest absolute Gasteiger partial charge is 0.191 e. The Labute approximate surface area is 188 Å². The molecule has 0 saturated carbocycles. The average molecular weight is 511 g/mol. The summed E-state index contributed by atoms with van der Waals surface area (Å²) in [6.45, 7) is 10.2. The molecule has 28 heavy (non-hydrogen) atoms. The number of hydrogen-bond acceptors (Lipinski definition) is 3. The number of aromatic amines is 1. The highest BCUT2D eigenvalue weighted by Crippen LogP contribution is 2.24. The molecule has 3 aromatic rings. The summed E-state index contributed by atoms with van der Waals surface area (Å²) in [5.41, 5.74) is 5.07. The zero-order valence-electron chi connectivity index (χ0n) is 17.2. The molecule has 0 saturated heterocycles. The lowest BCUT2D eigenvalue weighted by atomic mass is 9.93. The maximum atomic E-state index is 4.72. The molecule has 3 rings (SSSR count). The Kier molecular flexibility index (Phi) is 7.88. The molecule has 1 aromatic carbocycles. The summed E-state index contributed by atoms with van der Waals surface area (Å²) < 4.78 is 0. The quantitative estimate of drug-likeness (QED) is 0.263. The van der Waals surface area contributed by atoms with Crippen LogP contribution in [0, 0.1) is 6.92 Å². The number of nitrogens with one attached hydrogen (secondary N) is 3.